The maximum Gasteiger partial charge on any atom is 0.0620 e. The van der Waals surface area contributed by atoms with E-state index in [1.165, 1.54) is 19.3 Å². The molecule has 0 bridgehead atoms. The Kier molecular flexibility index (Phi) is 5.42. The Balaban J connectivity index is 1.76. The fourth-order valence-corrected chi connectivity index (χ4v) is 3.18. The summed E-state index contributed by atoms with van der Waals surface area (Å²) in [7, 11) is 0. The first-order valence-electron chi connectivity index (χ1n) is 7.52. The highest BCUT2D eigenvalue weighted by atomic mass is 16.5. The largest absolute Gasteiger partial charge is 0.379 e. The van der Waals surface area contributed by atoms with Crippen molar-refractivity contribution in [3.63, 3.8) is 0 Å². The fourth-order valence-electron chi connectivity index (χ4n) is 3.18. The van der Waals surface area contributed by atoms with Crippen LogP contribution in [0.2, 0.25) is 0 Å². The molecule has 2 N–H and O–H groups in total. The van der Waals surface area contributed by atoms with Crippen LogP contribution in [-0.4, -0.2) is 48.9 Å². The van der Waals surface area contributed by atoms with Crippen LogP contribution in [0.5, 0.6) is 0 Å². The molecule has 2 fully saturated rings. The second-order valence-corrected chi connectivity index (χ2v) is 6.03. The molecule has 0 aliphatic carbocycles. The summed E-state index contributed by atoms with van der Waals surface area (Å²) in [6, 6.07) is 2.34. The van der Waals surface area contributed by atoms with Crippen molar-refractivity contribution in [2.24, 2.45) is 0 Å². The third kappa shape index (κ3) is 3.92. The molecule has 18 heavy (non-hydrogen) atoms. The summed E-state index contributed by atoms with van der Waals surface area (Å²) in [5.74, 6) is 0. The Bertz CT molecular complexity index is 233. The van der Waals surface area contributed by atoms with Gasteiger partial charge in [-0.15, -0.1) is 0 Å². The Labute approximate surface area is 111 Å². The third-order valence-corrected chi connectivity index (χ3v) is 4.20. The summed E-state index contributed by atoms with van der Waals surface area (Å²) in [6.07, 6.45) is 5.13. The van der Waals surface area contributed by atoms with E-state index < -0.39 is 0 Å². The number of morpholine rings is 1. The van der Waals surface area contributed by atoms with E-state index in [1.54, 1.807) is 0 Å². The minimum absolute atomic E-state index is 0.507. The van der Waals surface area contributed by atoms with Crippen LogP contribution in [0.25, 0.3) is 0 Å². The highest BCUT2D eigenvalue weighted by Gasteiger charge is 2.26. The molecule has 0 radical (unpaired) electrons. The highest BCUT2D eigenvalue weighted by Crippen LogP contribution is 2.21. The van der Waals surface area contributed by atoms with E-state index in [-0.39, 0.29) is 0 Å². The molecule has 4 unspecified atom stereocenters. The summed E-state index contributed by atoms with van der Waals surface area (Å²) in [4.78, 5) is 0. The van der Waals surface area contributed by atoms with E-state index in [1.807, 2.05) is 0 Å². The molecular weight excluding hydrogens is 226 g/mol. The van der Waals surface area contributed by atoms with E-state index in [0.717, 1.165) is 26.2 Å². The van der Waals surface area contributed by atoms with Gasteiger partial charge in [0.25, 0.3) is 0 Å². The third-order valence-electron chi connectivity index (χ3n) is 4.20. The fraction of sp³-hybridized carbons (Fsp3) is 1.00. The standard InChI is InChI=1S/C14H29N3O/c1-11(9-14-10-18-8-7-15-14)16-17-12(2)5-4-6-13(17)3/h11-16H,4-10H2,1-3H3. The van der Waals surface area contributed by atoms with Crippen LogP contribution in [0.4, 0.5) is 0 Å². The minimum Gasteiger partial charge on any atom is -0.379 e. The van der Waals surface area contributed by atoms with Crippen molar-refractivity contribution in [3.05, 3.63) is 0 Å². The van der Waals surface area contributed by atoms with Crippen LogP contribution in [0.15, 0.2) is 0 Å². The van der Waals surface area contributed by atoms with Gasteiger partial charge in [0.15, 0.2) is 0 Å². The van der Waals surface area contributed by atoms with Gasteiger partial charge in [-0.05, 0) is 40.0 Å². The predicted octanol–water partition coefficient (Wildman–Crippen LogP) is 1.52. The van der Waals surface area contributed by atoms with Crippen molar-refractivity contribution in [1.29, 1.82) is 0 Å². The van der Waals surface area contributed by atoms with E-state index >= 15 is 0 Å². The van der Waals surface area contributed by atoms with Crippen molar-refractivity contribution >= 4 is 0 Å². The predicted molar refractivity (Wildman–Crippen MR) is 74.4 cm³/mol. The molecular formula is C14H29N3O. The summed E-state index contributed by atoms with van der Waals surface area (Å²) in [6.45, 7) is 9.66. The van der Waals surface area contributed by atoms with E-state index in [2.05, 4.69) is 36.5 Å². The lowest BCUT2D eigenvalue weighted by molar-refractivity contribution is 0.0213. The summed E-state index contributed by atoms with van der Waals surface area (Å²) in [5, 5.41) is 6.00. The van der Waals surface area contributed by atoms with Gasteiger partial charge in [0, 0.05) is 30.7 Å². The van der Waals surface area contributed by atoms with Gasteiger partial charge in [-0.25, -0.2) is 5.01 Å². The Morgan fingerprint density at radius 1 is 1.33 bits per heavy atom. The quantitative estimate of drug-likeness (QED) is 0.798. The number of nitrogens with zero attached hydrogens (tertiary/aromatic N) is 1. The molecule has 0 saturated carbocycles. The molecule has 2 saturated heterocycles. The Morgan fingerprint density at radius 3 is 2.67 bits per heavy atom. The zero-order chi connectivity index (χ0) is 13.0. The van der Waals surface area contributed by atoms with Gasteiger partial charge in [-0.3, -0.25) is 5.43 Å². The van der Waals surface area contributed by atoms with Gasteiger partial charge in [-0.1, -0.05) is 6.42 Å². The monoisotopic (exact) mass is 255 g/mol. The SMILES string of the molecule is CC(CC1COCCN1)NN1C(C)CCCC1C. The van der Waals surface area contributed by atoms with Crippen LogP contribution in [-0.2, 0) is 4.74 Å². The molecule has 0 aromatic carbocycles. The number of piperidine rings is 1. The van der Waals surface area contributed by atoms with E-state index in [0.29, 0.717) is 24.2 Å². The number of hydrogen-bond donors (Lipinski definition) is 2. The maximum atomic E-state index is 5.51. The molecule has 2 aliphatic rings. The van der Waals surface area contributed by atoms with Gasteiger partial charge < -0.3 is 10.1 Å². The van der Waals surface area contributed by atoms with Gasteiger partial charge >= 0.3 is 0 Å². The maximum absolute atomic E-state index is 5.51. The van der Waals surface area contributed by atoms with Crippen LogP contribution in [0.3, 0.4) is 0 Å². The number of ether oxygens (including phenoxy) is 1. The molecule has 4 heteroatoms. The summed E-state index contributed by atoms with van der Waals surface area (Å²) >= 11 is 0. The average Bonchev–Trinajstić information content (AvgIpc) is 2.35. The first-order chi connectivity index (χ1) is 8.66. The van der Waals surface area contributed by atoms with Gasteiger partial charge in [0.05, 0.1) is 13.2 Å². The lowest BCUT2D eigenvalue weighted by Gasteiger charge is -2.41. The lowest BCUT2D eigenvalue weighted by atomic mass is 9.99. The van der Waals surface area contributed by atoms with E-state index in [4.69, 9.17) is 4.74 Å². The van der Waals surface area contributed by atoms with Crippen molar-refractivity contribution in [1.82, 2.24) is 15.8 Å². The number of nitrogens with one attached hydrogen (secondary N) is 2. The molecule has 4 nitrogen and oxygen atoms in total. The molecule has 2 aliphatic heterocycles. The van der Waals surface area contributed by atoms with E-state index in [9.17, 15) is 0 Å². The second-order valence-electron chi connectivity index (χ2n) is 6.03. The molecule has 0 aromatic rings. The van der Waals surface area contributed by atoms with Crippen LogP contribution in [0, 0.1) is 0 Å². The topological polar surface area (TPSA) is 36.5 Å². The number of hydrazine groups is 1. The smallest absolute Gasteiger partial charge is 0.0620 e. The van der Waals surface area contributed by atoms with Crippen molar-refractivity contribution in [3.8, 4) is 0 Å². The second kappa shape index (κ2) is 6.85. The zero-order valence-electron chi connectivity index (χ0n) is 12.1. The number of rotatable bonds is 4. The van der Waals surface area contributed by atoms with Gasteiger partial charge in [0.2, 0.25) is 0 Å². The van der Waals surface area contributed by atoms with Crippen molar-refractivity contribution in [2.75, 3.05) is 19.8 Å². The van der Waals surface area contributed by atoms with Crippen LogP contribution < -0.4 is 10.7 Å². The number of hydrogen-bond acceptors (Lipinski definition) is 4. The van der Waals surface area contributed by atoms with Crippen molar-refractivity contribution in [2.45, 2.75) is 70.6 Å². The van der Waals surface area contributed by atoms with Crippen molar-refractivity contribution < 1.29 is 4.74 Å². The normalized spacial score (nSPS) is 36.5. The zero-order valence-corrected chi connectivity index (χ0v) is 12.1. The first kappa shape index (κ1) is 14.3. The Hall–Kier alpha value is -0.160. The minimum atomic E-state index is 0.507. The van der Waals surface area contributed by atoms with Crippen LogP contribution in [0.1, 0.15) is 46.5 Å². The molecule has 2 rings (SSSR count). The Morgan fingerprint density at radius 2 is 2.06 bits per heavy atom. The average molecular weight is 255 g/mol. The molecule has 0 aromatic heterocycles. The molecule has 0 spiro atoms. The first-order valence-corrected chi connectivity index (χ1v) is 7.52. The molecule has 2 heterocycles. The highest BCUT2D eigenvalue weighted by molar-refractivity contribution is 4.80. The van der Waals surface area contributed by atoms with Gasteiger partial charge in [0.1, 0.15) is 0 Å². The van der Waals surface area contributed by atoms with Crippen LogP contribution >= 0.6 is 0 Å². The summed E-state index contributed by atoms with van der Waals surface area (Å²) < 4.78 is 5.51. The molecule has 0 amide bonds. The molecule has 4 atom stereocenters. The lowest BCUT2D eigenvalue weighted by Crippen LogP contribution is -2.56. The van der Waals surface area contributed by atoms with Gasteiger partial charge in [-0.2, -0.15) is 0 Å². The molecule has 106 valence electrons. The summed E-state index contributed by atoms with van der Waals surface area (Å²) in [5.41, 5.74) is 3.70.